The van der Waals surface area contributed by atoms with Gasteiger partial charge >= 0.3 is 5.97 Å². The summed E-state index contributed by atoms with van der Waals surface area (Å²) in [6.07, 6.45) is 0. The van der Waals surface area contributed by atoms with Gasteiger partial charge in [-0.15, -0.1) is 0 Å². The minimum absolute atomic E-state index is 0.130. The highest BCUT2D eigenvalue weighted by atomic mass is 32.2. The molecule has 7 heteroatoms. The number of carbonyl (C=O) groups excluding carboxylic acids is 1. The Bertz CT molecular complexity index is 625. The van der Waals surface area contributed by atoms with E-state index in [9.17, 15) is 13.2 Å². The Morgan fingerprint density at radius 3 is 2.50 bits per heavy atom. The zero-order valence-corrected chi connectivity index (χ0v) is 15.1. The molecule has 0 saturated carbocycles. The zero-order valence-electron chi connectivity index (χ0n) is 13.3. The molecule has 122 valence electrons. The maximum absolute atomic E-state index is 12.2. The van der Waals surface area contributed by atoms with Gasteiger partial charge in [0, 0.05) is 14.6 Å². The Morgan fingerprint density at radius 2 is 1.91 bits per heavy atom. The van der Waals surface area contributed by atoms with Crippen LogP contribution < -0.4 is 0 Å². The van der Waals surface area contributed by atoms with E-state index < -0.39 is 30.1 Å². The number of rotatable bonds is 7. The largest absolute Gasteiger partial charge is 0.460 e. The van der Waals surface area contributed by atoms with Crippen LogP contribution in [0.4, 0.5) is 0 Å². The van der Waals surface area contributed by atoms with E-state index >= 15 is 0 Å². The second kappa shape index (κ2) is 6.52. The van der Waals surface area contributed by atoms with E-state index in [0.717, 1.165) is 5.56 Å². The molecule has 0 radical (unpaired) electrons. The monoisotopic (exact) mass is 341 g/mol. The van der Waals surface area contributed by atoms with Crippen LogP contribution in [0.25, 0.3) is 0 Å². The fourth-order valence-electron chi connectivity index (χ4n) is 2.00. The van der Waals surface area contributed by atoms with Crippen LogP contribution in [0.3, 0.4) is 0 Å². The molecule has 2 unspecified atom stereocenters. The molecule has 0 aliphatic carbocycles. The van der Waals surface area contributed by atoms with Crippen molar-refractivity contribution in [2.24, 2.45) is 0 Å². The number of nitrogens with zero attached hydrogens (tertiary/aromatic N) is 1. The topological polar surface area (TPSA) is 63.5 Å². The number of ether oxygens (including phenoxy) is 1. The first-order valence-corrected chi connectivity index (χ1v) is 12.7. The molecule has 0 N–H and O–H groups in total. The standard InChI is InChI=1S/C15H23NO4SSi/c1-22(2,3)10-9-21(18,19)16-11-14(16)15(17)20-12-13-7-5-4-6-8-13/h4-8,14H,9-12H2,1-3H3. The molecule has 1 aliphatic rings. The van der Waals surface area contributed by atoms with Gasteiger partial charge in [0.1, 0.15) is 12.6 Å². The Labute approximate surface area is 133 Å². The highest BCUT2D eigenvalue weighted by Gasteiger charge is 2.49. The third kappa shape index (κ3) is 4.93. The van der Waals surface area contributed by atoms with E-state index in [1.165, 1.54) is 4.31 Å². The maximum atomic E-state index is 12.2. The SMILES string of the molecule is C[Si](C)(C)CCS(=O)(=O)N1CC1C(=O)OCc1ccccc1. The van der Waals surface area contributed by atoms with Crippen molar-refractivity contribution in [1.82, 2.24) is 4.31 Å². The second-order valence-electron chi connectivity index (χ2n) is 6.81. The molecule has 5 nitrogen and oxygen atoms in total. The summed E-state index contributed by atoms with van der Waals surface area (Å²) in [7, 11) is -4.75. The fraction of sp³-hybridized carbons (Fsp3) is 0.533. The van der Waals surface area contributed by atoms with Crippen molar-refractivity contribution < 1.29 is 17.9 Å². The number of sulfonamides is 1. The lowest BCUT2D eigenvalue weighted by Crippen LogP contribution is -2.28. The molecule has 1 aromatic carbocycles. The van der Waals surface area contributed by atoms with Crippen LogP contribution in [0.5, 0.6) is 0 Å². The molecule has 0 aromatic heterocycles. The van der Waals surface area contributed by atoms with Gasteiger partial charge in [0.05, 0.1) is 5.75 Å². The van der Waals surface area contributed by atoms with Gasteiger partial charge in [-0.25, -0.2) is 8.42 Å². The number of esters is 1. The van der Waals surface area contributed by atoms with Gasteiger partial charge in [0.15, 0.2) is 0 Å². The predicted octanol–water partition coefficient (Wildman–Crippen LogP) is 2.08. The van der Waals surface area contributed by atoms with Crippen LogP contribution >= 0.6 is 0 Å². The number of hydrogen-bond donors (Lipinski definition) is 0. The predicted molar refractivity (Wildman–Crippen MR) is 88.7 cm³/mol. The second-order valence-corrected chi connectivity index (χ2v) is 14.5. The molecule has 22 heavy (non-hydrogen) atoms. The molecule has 0 bridgehead atoms. The van der Waals surface area contributed by atoms with Crippen molar-refractivity contribution >= 4 is 24.1 Å². The Kier molecular flexibility index (Phi) is 5.09. The molecule has 1 aliphatic heterocycles. The minimum Gasteiger partial charge on any atom is -0.460 e. The van der Waals surface area contributed by atoms with Crippen LogP contribution in [0.15, 0.2) is 30.3 Å². The number of carbonyl (C=O) groups is 1. The molecular weight excluding hydrogens is 318 g/mol. The molecule has 0 spiro atoms. The van der Waals surface area contributed by atoms with Gasteiger partial charge in [-0.05, 0) is 11.6 Å². The summed E-state index contributed by atoms with van der Waals surface area (Å²) in [6.45, 7) is 6.84. The van der Waals surface area contributed by atoms with Crippen LogP contribution in [0, 0.1) is 0 Å². The van der Waals surface area contributed by atoms with Gasteiger partial charge in [-0.2, -0.15) is 4.31 Å². The van der Waals surface area contributed by atoms with Crippen molar-refractivity contribution in [3.05, 3.63) is 35.9 Å². The summed E-state index contributed by atoms with van der Waals surface area (Å²) in [5.74, 6) is -0.328. The molecule has 1 saturated heterocycles. The summed E-state index contributed by atoms with van der Waals surface area (Å²) in [5.41, 5.74) is 0.893. The minimum atomic E-state index is -3.33. The Morgan fingerprint density at radius 1 is 1.27 bits per heavy atom. The number of hydrogen-bond acceptors (Lipinski definition) is 4. The maximum Gasteiger partial charge on any atom is 0.326 e. The summed E-state index contributed by atoms with van der Waals surface area (Å²) in [6, 6.07) is 9.43. The average Bonchev–Trinajstić information content (AvgIpc) is 3.24. The first-order chi connectivity index (χ1) is 10.2. The van der Waals surface area contributed by atoms with Crippen molar-refractivity contribution in [2.75, 3.05) is 12.3 Å². The van der Waals surface area contributed by atoms with Gasteiger partial charge in [-0.3, -0.25) is 4.79 Å². The molecular formula is C15H23NO4SSi. The average molecular weight is 342 g/mol. The van der Waals surface area contributed by atoms with Crippen molar-refractivity contribution in [3.63, 3.8) is 0 Å². The highest BCUT2D eigenvalue weighted by molar-refractivity contribution is 7.89. The van der Waals surface area contributed by atoms with Crippen LogP contribution in [0.2, 0.25) is 25.7 Å². The normalized spacial score (nSPS) is 21.4. The van der Waals surface area contributed by atoms with Crippen molar-refractivity contribution in [1.29, 1.82) is 0 Å². The summed E-state index contributed by atoms with van der Waals surface area (Å²) < 4.78 is 30.8. The first-order valence-electron chi connectivity index (χ1n) is 7.39. The van der Waals surface area contributed by atoms with E-state index in [1.54, 1.807) is 0 Å². The lowest BCUT2D eigenvalue weighted by molar-refractivity contribution is -0.144. The fourth-order valence-corrected chi connectivity index (χ4v) is 6.56. The first kappa shape index (κ1) is 17.2. The molecule has 2 atom stereocenters. The van der Waals surface area contributed by atoms with E-state index in [1.807, 2.05) is 30.3 Å². The summed E-state index contributed by atoms with van der Waals surface area (Å²) >= 11 is 0. The Hall–Kier alpha value is -1.18. The number of benzene rings is 1. The van der Waals surface area contributed by atoms with Gasteiger partial charge < -0.3 is 4.74 Å². The van der Waals surface area contributed by atoms with Crippen molar-refractivity contribution in [2.45, 2.75) is 38.3 Å². The molecule has 1 fully saturated rings. The van der Waals surface area contributed by atoms with Crippen molar-refractivity contribution in [3.8, 4) is 0 Å². The molecule has 1 heterocycles. The smallest absolute Gasteiger partial charge is 0.326 e. The zero-order chi connectivity index (χ0) is 16.4. The van der Waals surface area contributed by atoms with Crippen LogP contribution in [-0.2, 0) is 26.2 Å². The van der Waals surface area contributed by atoms with Crippen LogP contribution in [-0.4, -0.2) is 45.1 Å². The highest BCUT2D eigenvalue weighted by Crippen LogP contribution is 2.26. The van der Waals surface area contributed by atoms with E-state index in [0.29, 0.717) is 6.04 Å². The summed E-state index contributed by atoms with van der Waals surface area (Å²) in [5, 5.41) is 0. The molecule has 2 rings (SSSR count). The lowest BCUT2D eigenvalue weighted by Gasteiger charge is -2.15. The third-order valence-electron chi connectivity index (χ3n) is 3.53. The molecule has 1 aromatic rings. The summed E-state index contributed by atoms with van der Waals surface area (Å²) in [4.78, 5) is 11.9. The third-order valence-corrected chi connectivity index (χ3v) is 7.48. The van der Waals surface area contributed by atoms with E-state index in [-0.39, 0.29) is 18.9 Å². The quantitative estimate of drug-likeness (QED) is 0.433. The van der Waals surface area contributed by atoms with Gasteiger partial charge in [0.25, 0.3) is 0 Å². The van der Waals surface area contributed by atoms with E-state index in [2.05, 4.69) is 19.6 Å². The Balaban J connectivity index is 1.82. The van der Waals surface area contributed by atoms with Crippen LogP contribution in [0.1, 0.15) is 5.56 Å². The molecule has 0 amide bonds. The lowest BCUT2D eigenvalue weighted by atomic mass is 10.2. The van der Waals surface area contributed by atoms with Gasteiger partial charge in [-0.1, -0.05) is 50.0 Å². The van der Waals surface area contributed by atoms with Gasteiger partial charge in [0.2, 0.25) is 10.0 Å². The van der Waals surface area contributed by atoms with E-state index in [4.69, 9.17) is 4.74 Å².